The van der Waals surface area contributed by atoms with Gasteiger partial charge in [-0.25, -0.2) is 4.39 Å². The Labute approximate surface area is 127 Å². The highest BCUT2D eigenvalue weighted by Gasteiger charge is 2.09. The van der Waals surface area contributed by atoms with Crippen molar-refractivity contribution in [1.82, 2.24) is 0 Å². The van der Waals surface area contributed by atoms with Crippen molar-refractivity contribution in [3.05, 3.63) is 57.8 Å². The molecule has 2 rings (SSSR count). The van der Waals surface area contributed by atoms with Gasteiger partial charge in [0.15, 0.2) is 5.75 Å². The SMILES string of the molecule is CC(Cc1ccc(F)cc1)Nc1cc(Cl)c(O)c(Cl)c1. The summed E-state index contributed by atoms with van der Waals surface area (Å²) in [5.74, 6) is -0.364. The number of phenolic OH excluding ortho intramolecular Hbond substituents is 1. The second kappa shape index (κ2) is 6.33. The topological polar surface area (TPSA) is 32.3 Å². The minimum absolute atomic E-state index is 0.108. The molecule has 0 bridgehead atoms. The van der Waals surface area contributed by atoms with Crippen LogP contribution in [-0.2, 0) is 6.42 Å². The third kappa shape index (κ3) is 3.78. The van der Waals surface area contributed by atoms with E-state index >= 15 is 0 Å². The minimum Gasteiger partial charge on any atom is -0.505 e. The molecule has 0 fully saturated rings. The number of hydrogen-bond acceptors (Lipinski definition) is 2. The van der Waals surface area contributed by atoms with Crippen LogP contribution in [0.2, 0.25) is 10.0 Å². The molecular formula is C15H14Cl2FNO. The van der Waals surface area contributed by atoms with Crippen LogP contribution in [0, 0.1) is 5.82 Å². The molecule has 2 N–H and O–H groups in total. The Morgan fingerprint density at radius 3 is 2.25 bits per heavy atom. The molecule has 0 amide bonds. The maximum absolute atomic E-state index is 12.8. The molecule has 1 atom stereocenters. The van der Waals surface area contributed by atoms with E-state index in [-0.39, 0.29) is 27.7 Å². The van der Waals surface area contributed by atoms with E-state index in [2.05, 4.69) is 5.32 Å². The molecule has 0 aromatic heterocycles. The zero-order valence-corrected chi connectivity index (χ0v) is 12.3. The molecule has 0 saturated carbocycles. The third-order valence-electron chi connectivity index (χ3n) is 2.89. The van der Waals surface area contributed by atoms with E-state index in [0.717, 1.165) is 17.7 Å². The Bertz CT molecular complexity index is 578. The van der Waals surface area contributed by atoms with Gasteiger partial charge in [-0.15, -0.1) is 0 Å². The Kier molecular flexibility index (Phi) is 4.73. The molecular weight excluding hydrogens is 300 g/mol. The number of hydrogen-bond donors (Lipinski definition) is 2. The number of rotatable bonds is 4. The molecule has 1 unspecified atom stereocenters. The van der Waals surface area contributed by atoms with Gasteiger partial charge in [-0.1, -0.05) is 35.3 Å². The lowest BCUT2D eigenvalue weighted by atomic mass is 10.1. The Morgan fingerprint density at radius 1 is 1.15 bits per heavy atom. The quantitative estimate of drug-likeness (QED) is 0.788. The highest BCUT2D eigenvalue weighted by Crippen LogP contribution is 2.34. The number of halogens is 3. The molecule has 106 valence electrons. The average Bonchev–Trinajstić information content (AvgIpc) is 2.38. The molecule has 0 radical (unpaired) electrons. The van der Waals surface area contributed by atoms with Crippen molar-refractivity contribution in [1.29, 1.82) is 0 Å². The van der Waals surface area contributed by atoms with E-state index in [1.807, 2.05) is 6.92 Å². The minimum atomic E-state index is -0.244. The lowest BCUT2D eigenvalue weighted by Crippen LogP contribution is -2.18. The molecule has 0 aliphatic heterocycles. The fraction of sp³-hybridized carbons (Fsp3) is 0.200. The van der Waals surface area contributed by atoms with Gasteiger partial charge in [0.25, 0.3) is 0 Å². The molecule has 0 aliphatic rings. The van der Waals surface area contributed by atoms with E-state index in [0.29, 0.717) is 0 Å². The van der Waals surface area contributed by atoms with Crippen LogP contribution in [0.5, 0.6) is 5.75 Å². The van der Waals surface area contributed by atoms with Crippen LogP contribution >= 0.6 is 23.2 Å². The van der Waals surface area contributed by atoms with Crippen LogP contribution in [0.15, 0.2) is 36.4 Å². The summed E-state index contributed by atoms with van der Waals surface area (Å²) in [6, 6.07) is 9.73. The fourth-order valence-corrected chi connectivity index (χ4v) is 2.45. The summed E-state index contributed by atoms with van der Waals surface area (Å²) >= 11 is 11.7. The Balaban J connectivity index is 2.04. The molecule has 0 spiro atoms. The van der Waals surface area contributed by atoms with Crippen molar-refractivity contribution in [2.45, 2.75) is 19.4 Å². The summed E-state index contributed by atoms with van der Waals surface area (Å²) in [5, 5.41) is 13.1. The second-order valence-corrected chi connectivity index (χ2v) is 5.48. The lowest BCUT2D eigenvalue weighted by Gasteiger charge is -2.16. The summed E-state index contributed by atoms with van der Waals surface area (Å²) in [4.78, 5) is 0. The van der Waals surface area contributed by atoms with Gasteiger partial charge >= 0.3 is 0 Å². The first kappa shape index (κ1) is 14.9. The number of aromatic hydroxyl groups is 1. The highest BCUT2D eigenvalue weighted by molar-refractivity contribution is 6.37. The molecule has 5 heteroatoms. The number of nitrogens with one attached hydrogen (secondary N) is 1. The zero-order valence-electron chi connectivity index (χ0n) is 10.8. The third-order valence-corrected chi connectivity index (χ3v) is 3.46. The molecule has 0 heterocycles. The van der Waals surface area contributed by atoms with Gasteiger partial charge in [0.1, 0.15) is 5.82 Å². The molecule has 20 heavy (non-hydrogen) atoms. The van der Waals surface area contributed by atoms with Gasteiger partial charge in [-0.05, 0) is 43.2 Å². The first-order valence-electron chi connectivity index (χ1n) is 6.14. The van der Waals surface area contributed by atoms with Gasteiger partial charge in [0.2, 0.25) is 0 Å². The van der Waals surface area contributed by atoms with Gasteiger partial charge in [0, 0.05) is 11.7 Å². The lowest BCUT2D eigenvalue weighted by molar-refractivity contribution is 0.476. The molecule has 0 saturated heterocycles. The monoisotopic (exact) mass is 313 g/mol. The number of benzene rings is 2. The average molecular weight is 314 g/mol. The van der Waals surface area contributed by atoms with Gasteiger partial charge in [-0.2, -0.15) is 0 Å². The van der Waals surface area contributed by atoms with Crippen molar-refractivity contribution >= 4 is 28.9 Å². The van der Waals surface area contributed by atoms with E-state index in [1.165, 1.54) is 12.1 Å². The summed E-state index contributed by atoms with van der Waals surface area (Å²) in [6.07, 6.45) is 0.733. The van der Waals surface area contributed by atoms with Crippen molar-refractivity contribution in [2.24, 2.45) is 0 Å². The van der Waals surface area contributed by atoms with Crippen molar-refractivity contribution in [3.8, 4) is 5.75 Å². The first-order chi connectivity index (χ1) is 9.45. The van der Waals surface area contributed by atoms with Crippen molar-refractivity contribution < 1.29 is 9.50 Å². The summed E-state index contributed by atoms with van der Waals surface area (Å²) in [7, 11) is 0. The standard InChI is InChI=1S/C15H14Cl2FNO/c1-9(6-10-2-4-11(18)5-3-10)19-12-7-13(16)15(20)14(17)8-12/h2-5,7-9,19-20H,6H2,1H3. The van der Waals surface area contributed by atoms with Gasteiger partial charge < -0.3 is 10.4 Å². The van der Waals surface area contributed by atoms with E-state index in [1.54, 1.807) is 24.3 Å². The van der Waals surface area contributed by atoms with Crippen LogP contribution in [-0.4, -0.2) is 11.1 Å². The molecule has 0 aliphatic carbocycles. The maximum Gasteiger partial charge on any atom is 0.152 e. The summed E-state index contributed by atoms with van der Waals surface area (Å²) in [5.41, 5.74) is 1.76. The van der Waals surface area contributed by atoms with Crippen LogP contribution in [0.3, 0.4) is 0 Å². The van der Waals surface area contributed by atoms with Crippen LogP contribution in [0.4, 0.5) is 10.1 Å². The predicted octanol–water partition coefficient (Wildman–Crippen LogP) is 4.88. The number of anilines is 1. The van der Waals surface area contributed by atoms with Crippen molar-refractivity contribution in [2.75, 3.05) is 5.32 Å². The predicted molar refractivity (Wildman–Crippen MR) is 81.3 cm³/mol. The number of phenols is 1. The van der Waals surface area contributed by atoms with Crippen LogP contribution in [0.1, 0.15) is 12.5 Å². The smallest absolute Gasteiger partial charge is 0.152 e. The second-order valence-electron chi connectivity index (χ2n) is 4.66. The normalized spacial score (nSPS) is 12.2. The zero-order chi connectivity index (χ0) is 14.7. The van der Waals surface area contributed by atoms with Crippen molar-refractivity contribution in [3.63, 3.8) is 0 Å². The summed E-state index contributed by atoms with van der Waals surface area (Å²) in [6.45, 7) is 2.00. The largest absolute Gasteiger partial charge is 0.505 e. The Morgan fingerprint density at radius 2 is 1.70 bits per heavy atom. The molecule has 2 nitrogen and oxygen atoms in total. The van der Waals surface area contributed by atoms with Crippen LogP contribution in [0.25, 0.3) is 0 Å². The van der Waals surface area contributed by atoms with E-state index in [4.69, 9.17) is 23.2 Å². The fourth-order valence-electron chi connectivity index (χ4n) is 1.96. The van der Waals surface area contributed by atoms with Crippen LogP contribution < -0.4 is 5.32 Å². The van der Waals surface area contributed by atoms with Gasteiger partial charge in [-0.3, -0.25) is 0 Å². The highest BCUT2D eigenvalue weighted by atomic mass is 35.5. The molecule has 2 aromatic rings. The first-order valence-corrected chi connectivity index (χ1v) is 6.90. The summed E-state index contributed by atoms with van der Waals surface area (Å²) < 4.78 is 12.8. The Hall–Kier alpha value is -1.45. The molecule has 2 aromatic carbocycles. The van der Waals surface area contributed by atoms with Gasteiger partial charge in [0.05, 0.1) is 10.0 Å². The van der Waals surface area contributed by atoms with E-state index < -0.39 is 0 Å². The van der Waals surface area contributed by atoms with E-state index in [9.17, 15) is 9.50 Å². The maximum atomic E-state index is 12.8.